The largest absolute Gasteiger partial charge is 0.444 e. The molecule has 6 heteroatoms. The third-order valence-corrected chi connectivity index (χ3v) is 3.44. The Hall–Kier alpha value is -3.15. The summed E-state index contributed by atoms with van der Waals surface area (Å²) in [4.78, 5) is 23.9. The Morgan fingerprint density at radius 2 is 1.44 bits per heavy atom. The minimum atomic E-state index is -0.577. The van der Waals surface area contributed by atoms with Crippen molar-refractivity contribution in [2.45, 2.75) is 33.3 Å². The van der Waals surface area contributed by atoms with Crippen LogP contribution in [0, 0.1) is 5.82 Å². The first-order chi connectivity index (χ1) is 12.6. The van der Waals surface area contributed by atoms with Crippen molar-refractivity contribution in [3.05, 3.63) is 66.0 Å². The van der Waals surface area contributed by atoms with Crippen molar-refractivity contribution in [2.75, 3.05) is 10.6 Å². The first-order valence-electron chi connectivity index (χ1n) is 8.48. The number of benzene rings is 2. The van der Waals surface area contributed by atoms with Crippen molar-refractivity contribution in [1.82, 2.24) is 0 Å². The van der Waals surface area contributed by atoms with Crippen LogP contribution in [0.4, 0.5) is 20.6 Å². The van der Waals surface area contributed by atoms with Crippen LogP contribution in [0.2, 0.25) is 0 Å². The van der Waals surface area contributed by atoms with E-state index < -0.39 is 11.7 Å². The van der Waals surface area contributed by atoms with Gasteiger partial charge in [-0.05, 0) is 75.2 Å². The molecule has 2 amide bonds. The number of hydrogen-bond donors (Lipinski definition) is 2. The molecule has 0 saturated carbocycles. The average molecular weight is 370 g/mol. The highest BCUT2D eigenvalue weighted by molar-refractivity contribution is 6.03. The quantitative estimate of drug-likeness (QED) is 0.726. The molecule has 0 heterocycles. The Kier molecular flexibility index (Phi) is 6.34. The average Bonchev–Trinajstić information content (AvgIpc) is 2.55. The van der Waals surface area contributed by atoms with Crippen molar-refractivity contribution >= 4 is 28.9 Å². The van der Waals surface area contributed by atoms with Crippen molar-refractivity contribution in [1.29, 1.82) is 0 Å². The zero-order valence-electron chi connectivity index (χ0n) is 15.8. The molecule has 0 aromatic heterocycles. The number of carbonyl (C=O) groups excluding carboxylic acids is 2. The van der Waals surface area contributed by atoms with E-state index in [0.717, 1.165) is 11.1 Å². The minimum absolute atomic E-state index is 0.301. The number of allylic oxidation sites excluding steroid dienone is 1. The molecule has 0 fully saturated rings. The van der Waals surface area contributed by atoms with Crippen LogP contribution in [0.25, 0.3) is 5.57 Å². The van der Waals surface area contributed by atoms with E-state index in [-0.39, 0.29) is 11.7 Å². The molecule has 0 aliphatic rings. The fourth-order valence-corrected chi connectivity index (χ4v) is 2.23. The van der Waals surface area contributed by atoms with Crippen LogP contribution in [0.15, 0.2) is 54.6 Å². The lowest BCUT2D eigenvalue weighted by atomic mass is 10.1. The molecule has 5 nitrogen and oxygen atoms in total. The fourth-order valence-electron chi connectivity index (χ4n) is 2.23. The molecule has 0 saturated heterocycles. The summed E-state index contributed by atoms with van der Waals surface area (Å²) in [7, 11) is 0. The predicted octanol–water partition coefficient (Wildman–Crippen LogP) is 5.21. The Morgan fingerprint density at radius 3 is 1.96 bits per heavy atom. The normalized spacial score (nSPS) is 11.7. The number of halogens is 1. The van der Waals surface area contributed by atoms with E-state index in [4.69, 9.17) is 4.74 Å². The molecule has 2 rings (SSSR count). The van der Waals surface area contributed by atoms with Crippen LogP contribution in [0.1, 0.15) is 33.3 Å². The zero-order chi connectivity index (χ0) is 20.0. The van der Waals surface area contributed by atoms with Gasteiger partial charge in [-0.3, -0.25) is 10.1 Å². The molecule has 0 spiro atoms. The van der Waals surface area contributed by atoms with E-state index in [1.807, 2.05) is 0 Å². The molecule has 2 aromatic carbocycles. The van der Waals surface area contributed by atoms with Gasteiger partial charge in [0.25, 0.3) is 0 Å². The van der Waals surface area contributed by atoms with Gasteiger partial charge >= 0.3 is 6.09 Å². The molecular formula is C21H23FN2O3. The zero-order valence-corrected chi connectivity index (χ0v) is 15.8. The number of amides is 2. The molecule has 27 heavy (non-hydrogen) atoms. The summed E-state index contributed by atoms with van der Waals surface area (Å²) in [5.41, 5.74) is 2.05. The predicted molar refractivity (Wildman–Crippen MR) is 105 cm³/mol. The summed E-state index contributed by atoms with van der Waals surface area (Å²) in [5, 5.41) is 5.36. The van der Waals surface area contributed by atoms with Gasteiger partial charge in [-0.15, -0.1) is 0 Å². The second kappa shape index (κ2) is 8.49. The molecule has 0 radical (unpaired) electrons. The second-order valence-electron chi connectivity index (χ2n) is 7.03. The second-order valence-corrected chi connectivity index (χ2v) is 7.03. The standard InChI is InChI=1S/C21H23FN2O3/c1-14(15-5-7-16(22)8-6-15)13-19(25)23-17-9-11-18(12-10-17)24-20(26)27-21(2,3)4/h5-13H,1-4H3,(H,23,25)(H,24,26). The summed E-state index contributed by atoms with van der Waals surface area (Å²) in [6.45, 7) is 7.13. The van der Waals surface area contributed by atoms with Gasteiger partial charge in [-0.1, -0.05) is 12.1 Å². The lowest BCUT2D eigenvalue weighted by Crippen LogP contribution is -2.27. The maximum atomic E-state index is 13.0. The Bertz CT molecular complexity index is 835. The molecule has 0 aliphatic heterocycles. The number of ether oxygens (including phenoxy) is 1. The van der Waals surface area contributed by atoms with E-state index in [9.17, 15) is 14.0 Å². The van der Waals surface area contributed by atoms with Crippen molar-refractivity contribution in [2.24, 2.45) is 0 Å². The van der Waals surface area contributed by atoms with Crippen LogP contribution in [0.5, 0.6) is 0 Å². The Balaban J connectivity index is 1.95. The lowest BCUT2D eigenvalue weighted by molar-refractivity contribution is -0.111. The highest BCUT2D eigenvalue weighted by Crippen LogP contribution is 2.17. The maximum Gasteiger partial charge on any atom is 0.412 e. The van der Waals surface area contributed by atoms with E-state index in [1.165, 1.54) is 18.2 Å². The van der Waals surface area contributed by atoms with Crippen LogP contribution >= 0.6 is 0 Å². The van der Waals surface area contributed by atoms with Gasteiger partial charge in [0.1, 0.15) is 11.4 Å². The Morgan fingerprint density at radius 1 is 0.926 bits per heavy atom. The molecule has 2 N–H and O–H groups in total. The summed E-state index contributed by atoms with van der Waals surface area (Å²) < 4.78 is 18.1. The van der Waals surface area contributed by atoms with Crippen molar-refractivity contribution in [3.8, 4) is 0 Å². The number of anilines is 2. The highest BCUT2D eigenvalue weighted by atomic mass is 19.1. The minimum Gasteiger partial charge on any atom is -0.444 e. The fraction of sp³-hybridized carbons (Fsp3) is 0.238. The van der Waals surface area contributed by atoms with E-state index in [2.05, 4.69) is 10.6 Å². The van der Waals surface area contributed by atoms with E-state index in [0.29, 0.717) is 11.4 Å². The monoisotopic (exact) mass is 370 g/mol. The molecule has 0 atom stereocenters. The molecular weight excluding hydrogens is 347 g/mol. The maximum absolute atomic E-state index is 13.0. The molecule has 0 unspecified atom stereocenters. The summed E-state index contributed by atoms with van der Waals surface area (Å²) in [6, 6.07) is 12.6. The van der Waals surface area contributed by atoms with Crippen LogP contribution in [-0.4, -0.2) is 17.6 Å². The number of nitrogens with one attached hydrogen (secondary N) is 2. The van der Waals surface area contributed by atoms with Gasteiger partial charge in [0.05, 0.1) is 0 Å². The van der Waals surface area contributed by atoms with Gasteiger partial charge in [-0.25, -0.2) is 9.18 Å². The van der Waals surface area contributed by atoms with Crippen LogP contribution < -0.4 is 10.6 Å². The van der Waals surface area contributed by atoms with Crippen LogP contribution in [0.3, 0.4) is 0 Å². The lowest BCUT2D eigenvalue weighted by Gasteiger charge is -2.19. The number of hydrogen-bond acceptors (Lipinski definition) is 3. The van der Waals surface area contributed by atoms with Crippen molar-refractivity contribution < 1.29 is 18.7 Å². The van der Waals surface area contributed by atoms with E-state index in [1.54, 1.807) is 64.1 Å². The molecule has 0 aliphatic carbocycles. The Labute approximate surface area is 158 Å². The summed E-state index contributed by atoms with van der Waals surface area (Å²) in [6.07, 6.45) is 0.900. The van der Waals surface area contributed by atoms with Crippen LogP contribution in [-0.2, 0) is 9.53 Å². The highest BCUT2D eigenvalue weighted by Gasteiger charge is 2.16. The van der Waals surface area contributed by atoms with E-state index >= 15 is 0 Å². The molecule has 142 valence electrons. The van der Waals surface area contributed by atoms with Gasteiger partial charge < -0.3 is 10.1 Å². The third kappa shape index (κ3) is 6.93. The van der Waals surface area contributed by atoms with Gasteiger partial charge in [0.15, 0.2) is 0 Å². The SMILES string of the molecule is CC(=CC(=O)Nc1ccc(NC(=O)OC(C)(C)C)cc1)c1ccc(F)cc1. The molecule has 0 bridgehead atoms. The summed E-state index contributed by atoms with van der Waals surface area (Å²) in [5.74, 6) is -0.624. The van der Waals surface area contributed by atoms with Gasteiger partial charge in [-0.2, -0.15) is 0 Å². The van der Waals surface area contributed by atoms with Gasteiger partial charge in [0, 0.05) is 17.5 Å². The van der Waals surface area contributed by atoms with Crippen molar-refractivity contribution in [3.63, 3.8) is 0 Å². The third-order valence-electron chi connectivity index (χ3n) is 3.44. The topological polar surface area (TPSA) is 67.4 Å². The number of rotatable bonds is 4. The first kappa shape index (κ1) is 20.2. The number of carbonyl (C=O) groups is 2. The molecule has 2 aromatic rings. The van der Waals surface area contributed by atoms with Gasteiger partial charge in [0.2, 0.25) is 5.91 Å². The smallest absolute Gasteiger partial charge is 0.412 e. The first-order valence-corrected chi connectivity index (χ1v) is 8.48. The summed E-state index contributed by atoms with van der Waals surface area (Å²) >= 11 is 0.